The maximum Gasteiger partial charge on any atom is 0.178 e. The Labute approximate surface area is 143 Å². The van der Waals surface area contributed by atoms with E-state index < -0.39 is 0 Å². The Bertz CT molecular complexity index is 715. The van der Waals surface area contributed by atoms with Crippen LogP contribution >= 0.6 is 0 Å². The normalized spacial score (nSPS) is 49.1. The summed E-state index contributed by atoms with van der Waals surface area (Å²) in [4.78, 5) is 11.8. The smallest absolute Gasteiger partial charge is 0.178 e. The molecule has 5 rings (SSSR count). The first-order valence-corrected chi connectivity index (χ1v) is 9.41. The quantitative estimate of drug-likeness (QED) is 0.740. The Morgan fingerprint density at radius 1 is 1.29 bits per heavy atom. The molecule has 0 saturated heterocycles. The third-order valence-corrected chi connectivity index (χ3v) is 8.00. The van der Waals surface area contributed by atoms with Crippen molar-refractivity contribution in [3.63, 3.8) is 0 Å². The Morgan fingerprint density at radius 2 is 2.12 bits per heavy atom. The summed E-state index contributed by atoms with van der Waals surface area (Å²) in [5.41, 5.74) is 2.67. The minimum Gasteiger partial charge on any atom is -0.497 e. The summed E-state index contributed by atoms with van der Waals surface area (Å²) in [7, 11) is 0. The van der Waals surface area contributed by atoms with E-state index in [9.17, 15) is 9.90 Å². The second kappa shape index (κ2) is 4.63. The third-order valence-electron chi connectivity index (χ3n) is 8.00. The van der Waals surface area contributed by atoms with E-state index in [4.69, 9.17) is 4.74 Å². The molecule has 0 aromatic carbocycles. The van der Waals surface area contributed by atoms with E-state index in [1.54, 1.807) is 6.08 Å². The van der Waals surface area contributed by atoms with Crippen LogP contribution in [0.3, 0.4) is 0 Å². The van der Waals surface area contributed by atoms with Crippen LogP contribution in [0.2, 0.25) is 0 Å². The number of rotatable bonds is 0. The van der Waals surface area contributed by atoms with Gasteiger partial charge in [0.15, 0.2) is 5.78 Å². The van der Waals surface area contributed by atoms with Gasteiger partial charge in [-0.05, 0) is 68.6 Å². The largest absolute Gasteiger partial charge is 0.497 e. The summed E-state index contributed by atoms with van der Waals surface area (Å²) in [6, 6.07) is 0. The van der Waals surface area contributed by atoms with Gasteiger partial charge in [-0.1, -0.05) is 18.6 Å². The van der Waals surface area contributed by atoms with E-state index in [1.165, 1.54) is 17.6 Å². The predicted molar refractivity (Wildman–Crippen MR) is 91.0 cm³/mol. The fraction of sp³-hybridized carbons (Fsp3) is 0.667. The van der Waals surface area contributed by atoms with E-state index in [1.807, 2.05) is 6.08 Å². The lowest BCUT2D eigenvalue weighted by Crippen LogP contribution is -2.56. The van der Waals surface area contributed by atoms with Crippen molar-refractivity contribution >= 4 is 5.78 Å². The summed E-state index contributed by atoms with van der Waals surface area (Å²) >= 11 is 0. The molecule has 1 spiro atoms. The molecule has 3 nitrogen and oxygen atoms in total. The summed E-state index contributed by atoms with van der Waals surface area (Å²) < 4.78 is 5.95. The number of aliphatic hydroxyl groups excluding tert-OH is 1. The lowest BCUT2D eigenvalue weighted by Gasteiger charge is -2.57. The number of ketones is 1. The molecule has 0 bridgehead atoms. The Morgan fingerprint density at radius 3 is 2.96 bits per heavy atom. The number of ether oxygens (including phenoxy) is 1. The summed E-state index contributed by atoms with van der Waals surface area (Å²) in [6.07, 6.45) is 10.6. The van der Waals surface area contributed by atoms with Crippen LogP contribution in [0.15, 0.2) is 35.1 Å². The Hall–Kier alpha value is -1.35. The molecule has 24 heavy (non-hydrogen) atoms. The van der Waals surface area contributed by atoms with Gasteiger partial charge >= 0.3 is 0 Å². The average Bonchev–Trinajstić information content (AvgIpc) is 3.05. The van der Waals surface area contributed by atoms with Crippen molar-refractivity contribution in [2.24, 2.45) is 28.6 Å². The van der Waals surface area contributed by atoms with E-state index in [0.717, 1.165) is 38.0 Å². The minimum atomic E-state index is -0.319. The van der Waals surface area contributed by atoms with Crippen molar-refractivity contribution in [1.29, 1.82) is 0 Å². The van der Waals surface area contributed by atoms with Crippen LogP contribution in [0.4, 0.5) is 0 Å². The zero-order valence-corrected chi connectivity index (χ0v) is 14.5. The number of carbonyl (C=O) groups excluding carboxylic acids is 1. The number of carbonyl (C=O) groups is 1. The average molecular weight is 326 g/mol. The van der Waals surface area contributed by atoms with Crippen molar-refractivity contribution < 1.29 is 14.6 Å². The minimum absolute atomic E-state index is 0.0937. The molecule has 5 aliphatic rings. The van der Waals surface area contributed by atoms with Gasteiger partial charge in [0.05, 0.1) is 18.5 Å². The van der Waals surface area contributed by atoms with Crippen LogP contribution in [0, 0.1) is 28.6 Å². The highest BCUT2D eigenvalue weighted by Gasteiger charge is 2.63. The predicted octanol–water partition coefficient (Wildman–Crippen LogP) is 3.55. The molecular formula is C21H26O3. The SMILES string of the molecule is CC1=C2CCC3C4CCC5=CC(=O)C=CC5(C)C4C(O)CC23CO1. The standard InChI is InChI=1S/C21H26O3/c1-12-16-5-6-17-15-4-3-13-9-14(22)7-8-20(13,2)19(15)18(23)10-21(16,17)11-24-12/h7-9,15,17-19,23H,3-6,10-11H2,1-2H3. The van der Waals surface area contributed by atoms with Crippen LogP contribution in [-0.2, 0) is 9.53 Å². The summed E-state index contributed by atoms with van der Waals surface area (Å²) in [6.45, 7) is 5.11. The van der Waals surface area contributed by atoms with E-state index in [2.05, 4.69) is 19.9 Å². The van der Waals surface area contributed by atoms with E-state index in [0.29, 0.717) is 11.8 Å². The maximum atomic E-state index is 11.8. The molecule has 6 atom stereocenters. The Balaban J connectivity index is 1.58. The molecule has 3 saturated carbocycles. The molecule has 6 unspecified atom stereocenters. The van der Waals surface area contributed by atoms with Gasteiger partial charge in [0, 0.05) is 16.7 Å². The van der Waals surface area contributed by atoms with Gasteiger partial charge < -0.3 is 9.84 Å². The van der Waals surface area contributed by atoms with Gasteiger partial charge in [-0.25, -0.2) is 0 Å². The van der Waals surface area contributed by atoms with Crippen molar-refractivity contribution in [2.75, 3.05) is 6.61 Å². The van der Waals surface area contributed by atoms with Gasteiger partial charge in [-0.15, -0.1) is 0 Å². The zero-order valence-electron chi connectivity index (χ0n) is 14.5. The van der Waals surface area contributed by atoms with Gasteiger partial charge in [-0.2, -0.15) is 0 Å². The fourth-order valence-electron chi connectivity index (χ4n) is 7.04. The second-order valence-corrected chi connectivity index (χ2v) is 8.81. The number of fused-ring (bicyclic) bond motifs is 4. The number of aliphatic hydroxyl groups is 1. The molecule has 3 fully saturated rings. The topological polar surface area (TPSA) is 46.5 Å². The first-order chi connectivity index (χ1) is 11.5. The molecule has 1 heterocycles. The monoisotopic (exact) mass is 326 g/mol. The molecule has 0 amide bonds. The number of hydrogen-bond acceptors (Lipinski definition) is 3. The molecule has 1 aliphatic heterocycles. The zero-order chi connectivity index (χ0) is 16.7. The highest BCUT2D eigenvalue weighted by atomic mass is 16.5. The molecule has 3 heteroatoms. The first-order valence-electron chi connectivity index (χ1n) is 9.41. The summed E-state index contributed by atoms with van der Waals surface area (Å²) in [5, 5.41) is 11.2. The maximum absolute atomic E-state index is 11.8. The highest BCUT2D eigenvalue weighted by Crippen LogP contribution is 2.67. The molecule has 0 aromatic rings. The van der Waals surface area contributed by atoms with Crippen LogP contribution in [-0.4, -0.2) is 23.6 Å². The van der Waals surface area contributed by atoms with Crippen molar-refractivity contribution in [3.05, 3.63) is 35.1 Å². The van der Waals surface area contributed by atoms with Crippen LogP contribution in [0.1, 0.15) is 46.0 Å². The lowest BCUT2D eigenvalue weighted by atomic mass is 9.47. The van der Waals surface area contributed by atoms with Gasteiger partial charge in [-0.3, -0.25) is 4.79 Å². The van der Waals surface area contributed by atoms with E-state index >= 15 is 0 Å². The van der Waals surface area contributed by atoms with Crippen molar-refractivity contribution in [1.82, 2.24) is 0 Å². The van der Waals surface area contributed by atoms with Crippen LogP contribution in [0.5, 0.6) is 0 Å². The molecule has 0 aromatic heterocycles. The molecule has 128 valence electrons. The molecule has 0 radical (unpaired) electrons. The lowest BCUT2D eigenvalue weighted by molar-refractivity contribution is -0.114. The molecule has 1 N–H and O–H groups in total. The first kappa shape index (κ1) is 14.9. The van der Waals surface area contributed by atoms with E-state index in [-0.39, 0.29) is 28.6 Å². The second-order valence-electron chi connectivity index (χ2n) is 8.81. The van der Waals surface area contributed by atoms with Gasteiger partial charge in [0.1, 0.15) is 0 Å². The molecular weight excluding hydrogens is 300 g/mol. The van der Waals surface area contributed by atoms with Crippen LogP contribution < -0.4 is 0 Å². The summed E-state index contributed by atoms with van der Waals surface area (Å²) in [5.74, 6) is 2.61. The Kier molecular flexibility index (Phi) is 2.88. The van der Waals surface area contributed by atoms with Crippen molar-refractivity contribution in [3.8, 4) is 0 Å². The number of hydrogen-bond donors (Lipinski definition) is 1. The van der Waals surface area contributed by atoms with Gasteiger partial charge in [0.2, 0.25) is 0 Å². The van der Waals surface area contributed by atoms with Gasteiger partial charge in [0.25, 0.3) is 0 Å². The number of allylic oxidation sites excluding steroid dienone is 5. The molecule has 4 aliphatic carbocycles. The highest BCUT2D eigenvalue weighted by molar-refractivity contribution is 6.01. The van der Waals surface area contributed by atoms with Crippen LogP contribution in [0.25, 0.3) is 0 Å². The fourth-order valence-corrected chi connectivity index (χ4v) is 7.04. The third kappa shape index (κ3) is 1.64. The van der Waals surface area contributed by atoms with Crippen molar-refractivity contribution in [2.45, 2.75) is 52.1 Å².